The number of hydrogen-bond acceptors (Lipinski definition) is 2. The van der Waals surface area contributed by atoms with Crippen molar-refractivity contribution in [2.45, 2.75) is 39.0 Å². The van der Waals surface area contributed by atoms with Crippen LogP contribution in [-0.2, 0) is 6.42 Å². The van der Waals surface area contributed by atoms with Crippen LogP contribution in [0.2, 0.25) is 0 Å². The maximum atomic E-state index is 4.50. The zero-order valence-corrected chi connectivity index (χ0v) is 11.1. The molecular weight excluding hydrogens is 220 g/mol. The van der Waals surface area contributed by atoms with Crippen LogP contribution in [0, 0.1) is 0 Å². The van der Waals surface area contributed by atoms with Gasteiger partial charge in [-0.05, 0) is 24.0 Å². The molecule has 0 bridgehead atoms. The Morgan fingerprint density at radius 2 is 1.72 bits per heavy atom. The van der Waals surface area contributed by atoms with E-state index in [-0.39, 0.29) is 5.92 Å². The first-order chi connectivity index (χ1) is 8.81. The molecule has 0 fully saturated rings. The molecule has 2 nitrogen and oxygen atoms in total. The molecular formula is C16H20N2. The summed E-state index contributed by atoms with van der Waals surface area (Å²) in [6.07, 6.45) is 7.43. The molecule has 0 radical (unpaired) electrons. The van der Waals surface area contributed by atoms with E-state index in [2.05, 4.69) is 48.1 Å². The van der Waals surface area contributed by atoms with E-state index in [0.717, 1.165) is 12.2 Å². The quantitative estimate of drug-likeness (QED) is 0.790. The van der Waals surface area contributed by atoms with Gasteiger partial charge in [-0.2, -0.15) is 0 Å². The van der Waals surface area contributed by atoms with Crippen LogP contribution in [0.3, 0.4) is 0 Å². The fourth-order valence-electron chi connectivity index (χ4n) is 1.99. The van der Waals surface area contributed by atoms with Crippen LogP contribution in [0.25, 0.3) is 0 Å². The van der Waals surface area contributed by atoms with Crippen LogP contribution in [0.4, 0.5) is 0 Å². The van der Waals surface area contributed by atoms with Gasteiger partial charge in [0.25, 0.3) is 0 Å². The Kier molecular flexibility index (Phi) is 4.46. The molecule has 0 saturated carbocycles. The summed E-state index contributed by atoms with van der Waals surface area (Å²) < 4.78 is 0. The fraction of sp³-hybridized carbons (Fsp3) is 0.375. The van der Waals surface area contributed by atoms with Gasteiger partial charge >= 0.3 is 0 Å². The zero-order chi connectivity index (χ0) is 12.8. The van der Waals surface area contributed by atoms with Gasteiger partial charge in [0.15, 0.2) is 0 Å². The maximum absolute atomic E-state index is 4.50. The molecule has 0 aliphatic carbocycles. The van der Waals surface area contributed by atoms with Gasteiger partial charge in [-0.25, -0.2) is 9.97 Å². The summed E-state index contributed by atoms with van der Waals surface area (Å²) in [5.41, 5.74) is 2.50. The summed E-state index contributed by atoms with van der Waals surface area (Å²) in [7, 11) is 0. The predicted octanol–water partition coefficient (Wildman–Crippen LogP) is 3.97. The average Bonchev–Trinajstić information content (AvgIpc) is 2.46. The highest BCUT2D eigenvalue weighted by atomic mass is 14.9. The second kappa shape index (κ2) is 6.29. The molecule has 0 amide bonds. The van der Waals surface area contributed by atoms with Crippen LogP contribution < -0.4 is 0 Å². The molecule has 1 aromatic heterocycles. The van der Waals surface area contributed by atoms with E-state index in [1.54, 1.807) is 0 Å². The molecule has 1 aromatic carbocycles. The van der Waals surface area contributed by atoms with E-state index in [4.69, 9.17) is 0 Å². The van der Waals surface area contributed by atoms with Crippen molar-refractivity contribution in [3.63, 3.8) is 0 Å². The molecule has 1 atom stereocenters. The second-order valence-electron chi connectivity index (χ2n) is 4.69. The first kappa shape index (κ1) is 12.7. The summed E-state index contributed by atoms with van der Waals surface area (Å²) in [6, 6.07) is 10.4. The predicted molar refractivity (Wildman–Crippen MR) is 74.6 cm³/mol. The minimum Gasteiger partial charge on any atom is -0.240 e. The van der Waals surface area contributed by atoms with Crippen molar-refractivity contribution in [1.82, 2.24) is 9.97 Å². The molecule has 1 unspecified atom stereocenters. The summed E-state index contributed by atoms with van der Waals surface area (Å²) in [4.78, 5) is 8.99. The lowest BCUT2D eigenvalue weighted by molar-refractivity contribution is 0.767. The second-order valence-corrected chi connectivity index (χ2v) is 4.69. The number of aromatic nitrogens is 2. The highest BCUT2D eigenvalue weighted by Crippen LogP contribution is 2.20. The van der Waals surface area contributed by atoms with Gasteiger partial charge in [0.2, 0.25) is 0 Å². The van der Waals surface area contributed by atoms with Crippen molar-refractivity contribution < 1.29 is 0 Å². The number of hydrogen-bond donors (Lipinski definition) is 0. The van der Waals surface area contributed by atoms with Crippen molar-refractivity contribution in [2.75, 3.05) is 0 Å². The normalized spacial score (nSPS) is 12.3. The molecule has 2 aromatic rings. The molecule has 94 valence electrons. The zero-order valence-electron chi connectivity index (χ0n) is 11.1. The molecule has 18 heavy (non-hydrogen) atoms. The molecule has 0 aliphatic heterocycles. The van der Waals surface area contributed by atoms with E-state index >= 15 is 0 Å². The number of rotatable bonds is 5. The van der Waals surface area contributed by atoms with Crippen LogP contribution in [0.15, 0.2) is 42.7 Å². The summed E-state index contributed by atoms with van der Waals surface area (Å²) >= 11 is 0. The van der Waals surface area contributed by atoms with Crippen LogP contribution in [0.1, 0.15) is 49.6 Å². The molecule has 0 spiro atoms. The van der Waals surface area contributed by atoms with Gasteiger partial charge in [-0.1, -0.05) is 50.6 Å². The van der Waals surface area contributed by atoms with E-state index in [1.807, 2.05) is 18.5 Å². The maximum Gasteiger partial charge on any atom is 0.135 e. The van der Waals surface area contributed by atoms with E-state index in [0.29, 0.717) is 0 Å². The van der Waals surface area contributed by atoms with Crippen LogP contribution in [0.5, 0.6) is 0 Å². The lowest BCUT2D eigenvalue weighted by atomic mass is 10.0. The molecule has 0 N–H and O–H groups in total. The molecule has 0 aliphatic rings. The Morgan fingerprint density at radius 1 is 1.06 bits per heavy atom. The van der Waals surface area contributed by atoms with Gasteiger partial charge in [-0.3, -0.25) is 0 Å². The van der Waals surface area contributed by atoms with Gasteiger partial charge < -0.3 is 0 Å². The smallest absolute Gasteiger partial charge is 0.135 e. The van der Waals surface area contributed by atoms with E-state index in [1.165, 1.54) is 24.0 Å². The van der Waals surface area contributed by atoms with Gasteiger partial charge in [0.05, 0.1) is 0 Å². The van der Waals surface area contributed by atoms with Crippen LogP contribution in [-0.4, -0.2) is 9.97 Å². The first-order valence-electron chi connectivity index (χ1n) is 6.67. The summed E-state index contributed by atoms with van der Waals surface area (Å²) in [6.45, 7) is 4.35. The molecule has 2 rings (SSSR count). The number of benzene rings is 1. The van der Waals surface area contributed by atoms with Gasteiger partial charge in [0, 0.05) is 18.3 Å². The molecule has 1 heterocycles. The Labute approximate surface area is 109 Å². The topological polar surface area (TPSA) is 25.8 Å². The highest BCUT2D eigenvalue weighted by molar-refractivity contribution is 5.24. The van der Waals surface area contributed by atoms with Crippen molar-refractivity contribution in [2.24, 2.45) is 0 Å². The third-order valence-electron chi connectivity index (χ3n) is 3.23. The third kappa shape index (κ3) is 3.16. The summed E-state index contributed by atoms with van der Waals surface area (Å²) in [5, 5.41) is 0. The van der Waals surface area contributed by atoms with E-state index in [9.17, 15) is 0 Å². The average molecular weight is 240 g/mol. The third-order valence-corrected chi connectivity index (χ3v) is 3.23. The highest BCUT2D eigenvalue weighted by Gasteiger charge is 2.10. The SMILES string of the molecule is CCCCc1cnc(C(C)c2ccccc2)nc1. The Morgan fingerprint density at radius 3 is 2.33 bits per heavy atom. The Balaban J connectivity index is 2.09. The van der Waals surface area contributed by atoms with Crippen LogP contribution >= 0.6 is 0 Å². The standard InChI is InChI=1S/C16H20N2/c1-3-4-8-14-11-17-16(18-12-14)13(2)15-9-6-5-7-10-15/h5-7,9-13H,3-4,8H2,1-2H3. The fourth-order valence-corrected chi connectivity index (χ4v) is 1.99. The number of nitrogens with zero attached hydrogens (tertiary/aromatic N) is 2. The number of unbranched alkanes of at least 4 members (excludes halogenated alkanes) is 1. The molecule has 2 heteroatoms. The number of aryl methyl sites for hydroxylation is 1. The van der Waals surface area contributed by atoms with E-state index < -0.39 is 0 Å². The van der Waals surface area contributed by atoms with Crippen molar-refractivity contribution in [3.05, 3.63) is 59.7 Å². The Hall–Kier alpha value is -1.70. The first-order valence-corrected chi connectivity index (χ1v) is 6.67. The van der Waals surface area contributed by atoms with Crippen molar-refractivity contribution in [1.29, 1.82) is 0 Å². The minimum atomic E-state index is 0.256. The summed E-state index contributed by atoms with van der Waals surface area (Å²) in [5.74, 6) is 1.16. The Bertz CT molecular complexity index is 462. The molecule has 0 saturated heterocycles. The monoisotopic (exact) mass is 240 g/mol. The van der Waals surface area contributed by atoms with Crippen molar-refractivity contribution >= 4 is 0 Å². The lowest BCUT2D eigenvalue weighted by Crippen LogP contribution is -2.03. The van der Waals surface area contributed by atoms with Gasteiger partial charge in [-0.15, -0.1) is 0 Å². The lowest BCUT2D eigenvalue weighted by Gasteiger charge is -2.10. The van der Waals surface area contributed by atoms with Crippen molar-refractivity contribution in [3.8, 4) is 0 Å². The minimum absolute atomic E-state index is 0.256. The van der Waals surface area contributed by atoms with Gasteiger partial charge in [0.1, 0.15) is 5.82 Å². The largest absolute Gasteiger partial charge is 0.240 e.